The highest BCUT2D eigenvalue weighted by Gasteiger charge is 2.43. The van der Waals surface area contributed by atoms with Crippen molar-refractivity contribution >= 4 is 21.3 Å². The fraction of sp³-hybridized carbons (Fsp3) is 0.308. The van der Waals surface area contributed by atoms with E-state index >= 15 is 0 Å². The number of alkyl halides is 9. The molecule has 5 rings (SSSR count). The topological polar surface area (TPSA) is 104 Å². The van der Waals surface area contributed by atoms with Crippen LogP contribution >= 0.6 is 0 Å². The van der Waals surface area contributed by atoms with E-state index in [1.165, 1.54) is 4.90 Å². The maximum atomic E-state index is 13.4. The molecule has 4 atom stereocenters. The second-order valence-corrected chi connectivity index (χ2v) is 11.5. The fourth-order valence-electron chi connectivity index (χ4n) is 4.77. The predicted octanol–water partition coefficient (Wildman–Crippen LogP) is 6.61. The Morgan fingerprint density at radius 1 is 0.841 bits per heavy atom. The van der Waals surface area contributed by atoms with Crippen molar-refractivity contribution in [3.8, 4) is 17.2 Å². The Morgan fingerprint density at radius 2 is 1.36 bits per heavy atom. The average molecular weight is 658 g/mol. The molecule has 2 heterocycles. The van der Waals surface area contributed by atoms with E-state index in [9.17, 15) is 48.8 Å². The van der Waals surface area contributed by atoms with Crippen molar-refractivity contribution in [3.63, 3.8) is 0 Å². The standard InChI is InChI=1S/C26H20F9N3O5S/c27-24(28,29)13-1-7-18-21(9-13)42-22-10-14(25(30,31)32)2-8-19(22)38(18)20-12-41-11-17(23(20)39)37-44(36,40)16-5-3-15(4-6-16)43-26(33,34)35/h1-10,17,20,23,39H,11-12H2,(H2,36,37,40). The highest BCUT2D eigenvalue weighted by atomic mass is 32.2. The second kappa shape index (κ2) is 11.0. The zero-order valence-electron chi connectivity index (χ0n) is 21.8. The summed E-state index contributed by atoms with van der Waals surface area (Å²) in [6.07, 6.45) is -16.2. The van der Waals surface area contributed by atoms with Crippen LogP contribution in [-0.2, 0) is 27.0 Å². The number of halogens is 9. The van der Waals surface area contributed by atoms with Crippen LogP contribution < -0.4 is 19.1 Å². The van der Waals surface area contributed by atoms with Crippen molar-refractivity contribution in [2.75, 3.05) is 18.1 Å². The van der Waals surface area contributed by atoms with Gasteiger partial charge in [0.2, 0.25) is 0 Å². The first-order valence-electron chi connectivity index (χ1n) is 12.4. The van der Waals surface area contributed by atoms with E-state index < -0.39 is 75.2 Å². The minimum Gasteiger partial charge on any atom is -0.453 e. The summed E-state index contributed by atoms with van der Waals surface area (Å²) in [7, 11) is -3.99. The van der Waals surface area contributed by atoms with Gasteiger partial charge in [0.1, 0.15) is 15.7 Å². The number of fused-ring (bicyclic) bond motifs is 2. The molecule has 2 aliphatic rings. The lowest BCUT2D eigenvalue weighted by molar-refractivity contribution is -0.274. The van der Waals surface area contributed by atoms with E-state index in [0.717, 1.165) is 48.5 Å². The molecular formula is C26H20F9N3O5S. The van der Waals surface area contributed by atoms with Crippen LogP contribution in [0.1, 0.15) is 11.1 Å². The smallest absolute Gasteiger partial charge is 0.453 e. The van der Waals surface area contributed by atoms with E-state index in [0.29, 0.717) is 12.1 Å². The molecule has 8 nitrogen and oxygen atoms in total. The summed E-state index contributed by atoms with van der Waals surface area (Å²) in [5.41, 5.74) is -2.39. The van der Waals surface area contributed by atoms with Crippen LogP contribution in [0.3, 0.4) is 0 Å². The zero-order valence-corrected chi connectivity index (χ0v) is 22.6. The minimum atomic E-state index is -4.99. The number of hydrogen-bond donors (Lipinski definition) is 3. The number of rotatable bonds is 5. The van der Waals surface area contributed by atoms with Gasteiger partial charge in [-0.3, -0.25) is 0 Å². The number of benzene rings is 3. The zero-order chi connectivity index (χ0) is 32.2. The molecule has 0 saturated carbocycles. The van der Waals surface area contributed by atoms with Crippen LogP contribution in [0, 0.1) is 4.78 Å². The number of hydrogen-bond acceptors (Lipinski definition) is 7. The first kappa shape index (κ1) is 31.7. The van der Waals surface area contributed by atoms with Crippen molar-refractivity contribution in [1.82, 2.24) is 4.72 Å². The third kappa shape index (κ3) is 6.52. The SMILES string of the molecule is N=S(=O)(NC1COCC(N2c3ccc(C(F)(F)F)cc3Oc3cc(C(F)(F)F)ccc32)C1O)c1ccc(OC(F)(F)F)cc1. The van der Waals surface area contributed by atoms with E-state index in [4.69, 9.17) is 14.3 Å². The van der Waals surface area contributed by atoms with Crippen LogP contribution in [-0.4, -0.2) is 47.1 Å². The molecule has 0 amide bonds. The molecule has 2 aliphatic heterocycles. The van der Waals surface area contributed by atoms with Crippen molar-refractivity contribution in [3.05, 3.63) is 71.8 Å². The predicted molar refractivity (Wildman–Crippen MR) is 135 cm³/mol. The number of anilines is 2. The Balaban J connectivity index is 1.47. The van der Waals surface area contributed by atoms with E-state index in [1.54, 1.807) is 0 Å². The highest BCUT2D eigenvalue weighted by Crippen LogP contribution is 2.51. The van der Waals surface area contributed by atoms with Gasteiger partial charge in [-0.05, 0) is 60.7 Å². The van der Waals surface area contributed by atoms with Crippen molar-refractivity contribution in [1.29, 1.82) is 4.78 Å². The monoisotopic (exact) mass is 657 g/mol. The summed E-state index contributed by atoms with van der Waals surface area (Å²) < 4.78 is 157. The van der Waals surface area contributed by atoms with Gasteiger partial charge in [-0.1, -0.05) is 0 Å². The largest absolute Gasteiger partial charge is 0.573 e. The number of nitrogens with zero attached hydrogens (tertiary/aromatic N) is 1. The van der Waals surface area contributed by atoms with Crippen molar-refractivity contribution < 1.29 is 63.0 Å². The number of ether oxygens (including phenoxy) is 3. The van der Waals surface area contributed by atoms with Gasteiger partial charge in [-0.25, -0.2) is 13.7 Å². The van der Waals surface area contributed by atoms with Crippen LogP contribution in [0.25, 0.3) is 0 Å². The average Bonchev–Trinajstić information content (AvgIpc) is 2.91. The van der Waals surface area contributed by atoms with E-state index in [1.807, 2.05) is 0 Å². The van der Waals surface area contributed by atoms with Gasteiger partial charge in [0, 0.05) is 0 Å². The van der Waals surface area contributed by atoms with Crippen molar-refractivity contribution in [2.24, 2.45) is 0 Å². The first-order valence-corrected chi connectivity index (χ1v) is 14.0. The molecule has 3 aromatic rings. The van der Waals surface area contributed by atoms with Crippen LogP contribution in [0.5, 0.6) is 17.2 Å². The van der Waals surface area contributed by atoms with Gasteiger partial charge in [-0.15, -0.1) is 13.2 Å². The Morgan fingerprint density at radius 3 is 1.84 bits per heavy atom. The Labute approximate surface area is 243 Å². The number of aliphatic hydroxyl groups is 1. The van der Waals surface area contributed by atoms with E-state index in [2.05, 4.69) is 9.46 Å². The normalized spacial score (nSPS) is 22.0. The molecule has 18 heteroatoms. The molecule has 0 aromatic heterocycles. The summed E-state index contributed by atoms with van der Waals surface area (Å²) in [5.74, 6) is -1.55. The summed E-state index contributed by atoms with van der Waals surface area (Å²) in [6.45, 7) is -0.629. The van der Waals surface area contributed by atoms with Gasteiger partial charge < -0.3 is 24.2 Å². The number of aliphatic hydroxyl groups excluding tert-OH is 1. The van der Waals surface area contributed by atoms with E-state index in [-0.39, 0.29) is 29.5 Å². The Kier molecular flexibility index (Phi) is 7.92. The second-order valence-electron chi connectivity index (χ2n) is 9.73. The van der Waals surface area contributed by atoms with Gasteiger partial charge >= 0.3 is 18.7 Å². The molecule has 3 N–H and O–H groups in total. The van der Waals surface area contributed by atoms with Gasteiger partial charge in [-0.2, -0.15) is 26.3 Å². The van der Waals surface area contributed by atoms with Gasteiger partial charge in [0.25, 0.3) is 0 Å². The first-order chi connectivity index (χ1) is 20.3. The highest BCUT2D eigenvalue weighted by molar-refractivity contribution is 7.90. The van der Waals surface area contributed by atoms with Crippen molar-refractivity contribution in [2.45, 2.75) is 41.8 Å². The minimum absolute atomic E-state index is 0.0505. The lowest BCUT2D eigenvalue weighted by atomic mass is 9.97. The summed E-state index contributed by atoms with van der Waals surface area (Å²) in [6, 6.07) is 5.73. The lowest BCUT2D eigenvalue weighted by Crippen LogP contribution is -2.60. The molecular weight excluding hydrogens is 637 g/mol. The molecule has 238 valence electrons. The Hall–Kier alpha value is -3.74. The van der Waals surface area contributed by atoms with Crippen LogP contribution in [0.15, 0.2) is 65.6 Å². The molecule has 0 aliphatic carbocycles. The summed E-state index contributed by atoms with van der Waals surface area (Å²) >= 11 is 0. The van der Waals surface area contributed by atoms with Gasteiger partial charge in [0.15, 0.2) is 11.5 Å². The quantitative estimate of drug-likeness (QED) is 0.267. The molecule has 0 radical (unpaired) electrons. The molecule has 0 bridgehead atoms. The maximum Gasteiger partial charge on any atom is 0.573 e. The molecule has 1 fully saturated rings. The summed E-state index contributed by atoms with van der Waals surface area (Å²) in [5, 5.41) is 11.3. The molecule has 44 heavy (non-hydrogen) atoms. The lowest BCUT2D eigenvalue weighted by Gasteiger charge is -2.44. The van der Waals surface area contributed by atoms with Gasteiger partial charge in [0.05, 0.1) is 58.8 Å². The van der Waals surface area contributed by atoms with Crippen LogP contribution in [0.2, 0.25) is 0 Å². The Bertz CT molecular complexity index is 1580. The molecule has 1 saturated heterocycles. The molecule has 0 spiro atoms. The summed E-state index contributed by atoms with van der Waals surface area (Å²) in [4.78, 5) is 0.963. The third-order valence-corrected chi connectivity index (χ3v) is 8.31. The third-order valence-electron chi connectivity index (χ3n) is 6.74. The molecule has 3 aromatic carbocycles. The fourth-order valence-corrected chi connectivity index (χ4v) is 6.06. The van der Waals surface area contributed by atoms with Crippen LogP contribution in [0.4, 0.5) is 50.9 Å². The maximum absolute atomic E-state index is 13.4. The number of nitrogens with one attached hydrogen (secondary N) is 2. The molecule has 4 unspecified atom stereocenters.